The van der Waals surface area contributed by atoms with Gasteiger partial charge in [-0.2, -0.15) is 5.10 Å². The van der Waals surface area contributed by atoms with Crippen molar-refractivity contribution in [1.82, 2.24) is 29.7 Å². The van der Waals surface area contributed by atoms with Crippen LogP contribution in [0.2, 0.25) is 0 Å². The number of aromatic nitrogens is 6. The maximum Gasteiger partial charge on any atom is 0.182 e. The highest BCUT2D eigenvalue weighted by molar-refractivity contribution is 5.77. The van der Waals surface area contributed by atoms with Crippen molar-refractivity contribution in [1.29, 1.82) is 0 Å². The fourth-order valence-corrected chi connectivity index (χ4v) is 2.14. The molecule has 3 aromatic heterocycles. The first-order valence-corrected chi connectivity index (χ1v) is 6.16. The minimum absolute atomic E-state index is 0.631. The lowest BCUT2D eigenvalue weighted by molar-refractivity contribution is 0.848. The minimum Gasteiger partial charge on any atom is -0.340 e. The van der Waals surface area contributed by atoms with Crippen molar-refractivity contribution < 1.29 is 0 Å². The molecule has 4 rings (SSSR count). The van der Waals surface area contributed by atoms with Crippen molar-refractivity contribution >= 4 is 11.2 Å². The molecule has 0 saturated heterocycles. The molecule has 20 heavy (non-hydrogen) atoms. The Bertz CT molecular complexity index is 861. The van der Waals surface area contributed by atoms with Crippen LogP contribution in [0.1, 0.15) is 0 Å². The Balaban J connectivity index is 1.84. The van der Waals surface area contributed by atoms with Crippen molar-refractivity contribution in [2.24, 2.45) is 0 Å². The number of hydrogen-bond acceptors (Lipinski definition) is 4. The fraction of sp³-hybridized carbons (Fsp3) is 0. The van der Waals surface area contributed by atoms with Gasteiger partial charge < -0.3 is 4.98 Å². The molecule has 0 aliphatic rings. The molecule has 0 saturated carbocycles. The normalized spacial score (nSPS) is 11.0. The van der Waals surface area contributed by atoms with Crippen LogP contribution in [0.4, 0.5) is 0 Å². The van der Waals surface area contributed by atoms with E-state index < -0.39 is 0 Å². The quantitative estimate of drug-likeness (QED) is 0.601. The summed E-state index contributed by atoms with van der Waals surface area (Å²) >= 11 is 0. The van der Waals surface area contributed by atoms with Crippen LogP contribution in [0.5, 0.6) is 0 Å². The zero-order valence-corrected chi connectivity index (χ0v) is 10.4. The molecule has 0 fully saturated rings. The van der Waals surface area contributed by atoms with Gasteiger partial charge in [-0.1, -0.05) is 30.3 Å². The second-order valence-electron chi connectivity index (χ2n) is 4.34. The molecule has 0 bridgehead atoms. The third-order valence-electron chi connectivity index (χ3n) is 3.11. The van der Waals surface area contributed by atoms with E-state index in [0.29, 0.717) is 11.5 Å². The first-order valence-electron chi connectivity index (χ1n) is 6.16. The van der Waals surface area contributed by atoms with E-state index >= 15 is 0 Å². The molecule has 0 atom stereocenters. The maximum atomic E-state index is 4.37. The molecule has 4 aromatic rings. The van der Waals surface area contributed by atoms with E-state index in [1.165, 1.54) is 6.33 Å². The predicted molar refractivity (Wildman–Crippen MR) is 74.2 cm³/mol. The van der Waals surface area contributed by atoms with Crippen LogP contribution in [0, 0.1) is 0 Å². The molecule has 3 heterocycles. The Morgan fingerprint density at radius 2 is 1.85 bits per heavy atom. The summed E-state index contributed by atoms with van der Waals surface area (Å²) in [6, 6.07) is 10.1. The van der Waals surface area contributed by atoms with Crippen LogP contribution < -0.4 is 0 Å². The molecule has 0 amide bonds. The number of benzene rings is 1. The average molecular weight is 262 g/mol. The van der Waals surface area contributed by atoms with Gasteiger partial charge in [-0.3, -0.25) is 0 Å². The number of imidazole rings is 1. The molecule has 96 valence electrons. The Morgan fingerprint density at radius 3 is 2.75 bits per heavy atom. The molecule has 0 aliphatic carbocycles. The van der Waals surface area contributed by atoms with E-state index in [1.807, 2.05) is 42.7 Å². The largest absolute Gasteiger partial charge is 0.340 e. The summed E-state index contributed by atoms with van der Waals surface area (Å²) in [5.74, 6) is 0.690. The van der Waals surface area contributed by atoms with E-state index in [2.05, 4.69) is 25.0 Å². The van der Waals surface area contributed by atoms with E-state index in [0.717, 1.165) is 16.6 Å². The fourth-order valence-electron chi connectivity index (χ4n) is 2.14. The second-order valence-corrected chi connectivity index (χ2v) is 4.34. The van der Waals surface area contributed by atoms with Crippen LogP contribution in [-0.4, -0.2) is 29.7 Å². The van der Waals surface area contributed by atoms with Crippen LogP contribution in [-0.2, 0) is 0 Å². The van der Waals surface area contributed by atoms with Crippen molar-refractivity contribution in [3.05, 3.63) is 55.4 Å². The predicted octanol–water partition coefficient (Wildman–Crippen LogP) is 2.21. The summed E-state index contributed by atoms with van der Waals surface area (Å²) in [4.78, 5) is 15.5. The third kappa shape index (κ3) is 1.66. The number of H-pyrrole nitrogens is 1. The van der Waals surface area contributed by atoms with Gasteiger partial charge in [0.2, 0.25) is 0 Å². The van der Waals surface area contributed by atoms with E-state index in [4.69, 9.17) is 0 Å². The number of nitrogens with one attached hydrogen (secondary N) is 1. The van der Waals surface area contributed by atoms with Gasteiger partial charge in [0, 0.05) is 11.8 Å². The molecule has 6 nitrogen and oxygen atoms in total. The van der Waals surface area contributed by atoms with Gasteiger partial charge in [-0.15, -0.1) is 0 Å². The summed E-state index contributed by atoms with van der Waals surface area (Å²) < 4.78 is 1.73. The number of hydrogen-bond donors (Lipinski definition) is 1. The SMILES string of the molecule is c1ccc(-c2cnn(-c3ncnc4nc[nH]c34)c2)cc1. The van der Waals surface area contributed by atoms with E-state index in [1.54, 1.807) is 11.0 Å². The Kier molecular flexibility index (Phi) is 2.32. The lowest BCUT2D eigenvalue weighted by Gasteiger charge is -2.00. The smallest absolute Gasteiger partial charge is 0.182 e. The van der Waals surface area contributed by atoms with Crippen molar-refractivity contribution in [3.8, 4) is 16.9 Å². The second kappa shape index (κ2) is 4.27. The first-order chi connectivity index (χ1) is 9.92. The molecule has 0 spiro atoms. The highest BCUT2D eigenvalue weighted by Gasteiger charge is 2.09. The molecule has 1 N–H and O–H groups in total. The lowest BCUT2D eigenvalue weighted by Crippen LogP contribution is -1.99. The van der Waals surface area contributed by atoms with Gasteiger partial charge in [0.1, 0.15) is 11.8 Å². The topological polar surface area (TPSA) is 72.3 Å². The molecule has 6 heteroatoms. The highest BCUT2D eigenvalue weighted by Crippen LogP contribution is 2.20. The van der Waals surface area contributed by atoms with E-state index in [-0.39, 0.29) is 0 Å². The summed E-state index contributed by atoms with van der Waals surface area (Å²) in [7, 11) is 0. The Hall–Kier alpha value is -3.02. The number of aromatic amines is 1. The Morgan fingerprint density at radius 1 is 0.950 bits per heavy atom. The van der Waals surface area contributed by atoms with Gasteiger partial charge >= 0.3 is 0 Å². The zero-order valence-electron chi connectivity index (χ0n) is 10.4. The summed E-state index contributed by atoms with van der Waals surface area (Å²) in [5, 5.41) is 4.37. The van der Waals surface area contributed by atoms with Crippen molar-refractivity contribution in [2.75, 3.05) is 0 Å². The van der Waals surface area contributed by atoms with Crippen LogP contribution in [0.3, 0.4) is 0 Å². The molecule has 0 radical (unpaired) electrons. The van der Waals surface area contributed by atoms with Gasteiger partial charge in [-0.05, 0) is 5.56 Å². The van der Waals surface area contributed by atoms with Crippen molar-refractivity contribution in [3.63, 3.8) is 0 Å². The van der Waals surface area contributed by atoms with Crippen LogP contribution in [0.25, 0.3) is 28.1 Å². The maximum absolute atomic E-state index is 4.37. The number of fused-ring (bicyclic) bond motifs is 1. The summed E-state index contributed by atoms with van der Waals surface area (Å²) in [5.41, 5.74) is 3.56. The summed E-state index contributed by atoms with van der Waals surface area (Å²) in [6.45, 7) is 0. The molecular weight excluding hydrogens is 252 g/mol. The monoisotopic (exact) mass is 262 g/mol. The van der Waals surface area contributed by atoms with Gasteiger partial charge in [0.15, 0.2) is 11.5 Å². The van der Waals surface area contributed by atoms with Gasteiger partial charge in [0.25, 0.3) is 0 Å². The van der Waals surface area contributed by atoms with E-state index in [9.17, 15) is 0 Å². The summed E-state index contributed by atoms with van der Waals surface area (Å²) in [6.07, 6.45) is 6.85. The van der Waals surface area contributed by atoms with Gasteiger partial charge in [0.05, 0.1) is 12.5 Å². The third-order valence-corrected chi connectivity index (χ3v) is 3.11. The van der Waals surface area contributed by atoms with Crippen LogP contribution in [0.15, 0.2) is 55.4 Å². The lowest BCUT2D eigenvalue weighted by atomic mass is 10.1. The van der Waals surface area contributed by atoms with Gasteiger partial charge in [-0.25, -0.2) is 19.6 Å². The number of rotatable bonds is 2. The van der Waals surface area contributed by atoms with Crippen molar-refractivity contribution in [2.45, 2.75) is 0 Å². The standard InChI is InChI=1S/C14H10N6/c1-2-4-10(5-3-1)11-6-19-20(7-11)14-12-13(16-8-15-12)17-9-18-14/h1-9H,(H,15,16,17,18). The Labute approximate surface area is 114 Å². The molecule has 1 aromatic carbocycles. The minimum atomic E-state index is 0.631. The zero-order chi connectivity index (χ0) is 13.4. The molecule has 0 unspecified atom stereocenters. The average Bonchev–Trinajstić information content (AvgIpc) is 3.17. The molecule has 0 aliphatic heterocycles. The highest BCUT2D eigenvalue weighted by atomic mass is 15.3. The number of nitrogens with zero attached hydrogens (tertiary/aromatic N) is 5. The first kappa shape index (κ1) is 10.9. The molecular formula is C14H10N6. The van der Waals surface area contributed by atoms with Crippen LogP contribution >= 0.6 is 0 Å².